The van der Waals surface area contributed by atoms with Gasteiger partial charge >= 0.3 is 0 Å². The van der Waals surface area contributed by atoms with E-state index < -0.39 is 9.84 Å². The molecule has 0 radical (unpaired) electrons. The van der Waals surface area contributed by atoms with Crippen molar-refractivity contribution in [2.75, 3.05) is 11.5 Å². The molecule has 1 amide bonds. The van der Waals surface area contributed by atoms with Crippen LogP contribution in [-0.2, 0) is 16.4 Å². The topological polar surface area (TPSA) is 54.5 Å². The molecule has 0 bridgehead atoms. The minimum absolute atomic E-state index is 0.0428. The van der Waals surface area contributed by atoms with Crippen LogP contribution in [0, 0.1) is 6.92 Å². The molecule has 132 valence electrons. The van der Waals surface area contributed by atoms with Crippen LogP contribution in [-0.4, -0.2) is 36.8 Å². The van der Waals surface area contributed by atoms with Crippen molar-refractivity contribution in [1.29, 1.82) is 0 Å². The normalized spacial score (nSPS) is 18.9. The van der Waals surface area contributed by atoms with Crippen molar-refractivity contribution in [3.63, 3.8) is 0 Å². The van der Waals surface area contributed by atoms with Gasteiger partial charge in [0.2, 0.25) is 0 Å². The SMILES string of the molecule is Cc1ccc(CN(C(=O)c2ccc(Br)cc2)C2CCS(=O)(=O)C2)cc1. The third-order valence-corrected chi connectivity index (χ3v) is 6.75. The molecule has 0 spiro atoms. The Morgan fingerprint density at radius 2 is 1.76 bits per heavy atom. The molecule has 1 atom stereocenters. The Morgan fingerprint density at radius 3 is 2.32 bits per heavy atom. The predicted molar refractivity (Wildman–Crippen MR) is 102 cm³/mol. The largest absolute Gasteiger partial charge is 0.330 e. The summed E-state index contributed by atoms with van der Waals surface area (Å²) >= 11 is 3.37. The maximum atomic E-state index is 13.0. The summed E-state index contributed by atoms with van der Waals surface area (Å²) in [4.78, 5) is 14.7. The van der Waals surface area contributed by atoms with Gasteiger partial charge in [0.15, 0.2) is 9.84 Å². The first-order chi connectivity index (χ1) is 11.8. The number of hydrogen-bond donors (Lipinski definition) is 0. The highest BCUT2D eigenvalue weighted by molar-refractivity contribution is 9.10. The standard InChI is InChI=1S/C19H20BrNO3S/c1-14-2-4-15(5-3-14)12-21(18-10-11-25(23,24)13-18)19(22)16-6-8-17(20)9-7-16/h2-9,18H,10-13H2,1H3. The van der Waals surface area contributed by atoms with Gasteiger partial charge < -0.3 is 4.90 Å². The number of nitrogens with zero attached hydrogens (tertiary/aromatic N) is 1. The Morgan fingerprint density at radius 1 is 1.12 bits per heavy atom. The molecule has 2 aromatic rings. The van der Waals surface area contributed by atoms with Crippen LogP contribution >= 0.6 is 15.9 Å². The van der Waals surface area contributed by atoms with Gasteiger partial charge in [0, 0.05) is 22.6 Å². The minimum atomic E-state index is -3.06. The fourth-order valence-electron chi connectivity index (χ4n) is 3.04. The molecule has 2 aromatic carbocycles. The van der Waals surface area contributed by atoms with Gasteiger partial charge in [-0.25, -0.2) is 8.42 Å². The predicted octanol–water partition coefficient (Wildman–Crippen LogP) is 3.59. The molecule has 1 unspecified atom stereocenters. The van der Waals surface area contributed by atoms with Crippen molar-refractivity contribution in [3.8, 4) is 0 Å². The summed E-state index contributed by atoms with van der Waals surface area (Å²) in [5, 5.41) is 0. The maximum absolute atomic E-state index is 13.0. The molecule has 0 N–H and O–H groups in total. The molecule has 1 saturated heterocycles. The van der Waals surface area contributed by atoms with E-state index in [1.54, 1.807) is 17.0 Å². The molecule has 1 aliphatic rings. The van der Waals surface area contributed by atoms with E-state index in [9.17, 15) is 13.2 Å². The molecule has 0 aliphatic carbocycles. The molecule has 0 saturated carbocycles. The number of carbonyl (C=O) groups is 1. The van der Waals surface area contributed by atoms with Gasteiger partial charge in [-0.1, -0.05) is 45.8 Å². The number of rotatable bonds is 4. The van der Waals surface area contributed by atoms with Crippen LogP contribution in [0.15, 0.2) is 53.0 Å². The average molecular weight is 422 g/mol. The number of carbonyl (C=O) groups excluding carboxylic acids is 1. The van der Waals surface area contributed by atoms with Gasteiger partial charge in [-0.05, 0) is 43.2 Å². The molecular weight excluding hydrogens is 402 g/mol. The molecule has 6 heteroatoms. The third-order valence-electron chi connectivity index (χ3n) is 4.47. The zero-order chi connectivity index (χ0) is 18.0. The minimum Gasteiger partial charge on any atom is -0.330 e. The summed E-state index contributed by atoms with van der Waals surface area (Å²) in [6.45, 7) is 2.42. The molecule has 4 nitrogen and oxygen atoms in total. The zero-order valence-electron chi connectivity index (χ0n) is 14.0. The van der Waals surface area contributed by atoms with Crippen molar-refractivity contribution in [3.05, 3.63) is 69.7 Å². The van der Waals surface area contributed by atoms with Crippen molar-refractivity contribution in [1.82, 2.24) is 4.90 Å². The van der Waals surface area contributed by atoms with E-state index in [-0.39, 0.29) is 23.5 Å². The van der Waals surface area contributed by atoms with Crippen LogP contribution in [0.1, 0.15) is 27.9 Å². The van der Waals surface area contributed by atoms with Crippen LogP contribution in [0.4, 0.5) is 0 Å². The molecule has 3 rings (SSSR count). The van der Waals surface area contributed by atoms with Crippen LogP contribution in [0.5, 0.6) is 0 Å². The second kappa shape index (κ2) is 7.30. The zero-order valence-corrected chi connectivity index (χ0v) is 16.4. The molecule has 1 aliphatic heterocycles. The Balaban J connectivity index is 1.89. The lowest BCUT2D eigenvalue weighted by atomic mass is 10.1. The van der Waals surface area contributed by atoms with Gasteiger partial charge in [0.05, 0.1) is 11.5 Å². The van der Waals surface area contributed by atoms with Crippen LogP contribution in [0.3, 0.4) is 0 Å². The van der Waals surface area contributed by atoms with E-state index in [2.05, 4.69) is 15.9 Å². The summed E-state index contributed by atoms with van der Waals surface area (Å²) < 4.78 is 24.7. The summed E-state index contributed by atoms with van der Waals surface area (Å²) in [5.74, 6) is 0.0618. The number of halogens is 1. The smallest absolute Gasteiger partial charge is 0.254 e. The van der Waals surface area contributed by atoms with E-state index in [1.165, 1.54) is 0 Å². The van der Waals surface area contributed by atoms with Gasteiger partial charge in [-0.2, -0.15) is 0 Å². The lowest BCUT2D eigenvalue weighted by molar-refractivity contribution is 0.0681. The Hall–Kier alpha value is -1.66. The number of aryl methyl sites for hydroxylation is 1. The van der Waals surface area contributed by atoms with Gasteiger partial charge in [0.1, 0.15) is 0 Å². The number of benzene rings is 2. The first-order valence-electron chi connectivity index (χ1n) is 8.16. The second-order valence-corrected chi connectivity index (χ2v) is 9.63. The highest BCUT2D eigenvalue weighted by Gasteiger charge is 2.35. The van der Waals surface area contributed by atoms with Gasteiger partial charge in [-0.15, -0.1) is 0 Å². The fraction of sp³-hybridized carbons (Fsp3) is 0.316. The third kappa shape index (κ3) is 4.50. The first-order valence-corrected chi connectivity index (χ1v) is 10.8. The van der Waals surface area contributed by atoms with Crippen LogP contribution in [0.25, 0.3) is 0 Å². The average Bonchev–Trinajstić information content (AvgIpc) is 2.94. The quantitative estimate of drug-likeness (QED) is 0.757. The Kier molecular flexibility index (Phi) is 5.29. The highest BCUT2D eigenvalue weighted by atomic mass is 79.9. The van der Waals surface area contributed by atoms with Crippen LogP contribution < -0.4 is 0 Å². The van der Waals surface area contributed by atoms with Crippen LogP contribution in [0.2, 0.25) is 0 Å². The van der Waals surface area contributed by atoms with Crippen molar-refractivity contribution < 1.29 is 13.2 Å². The molecule has 1 heterocycles. The number of sulfone groups is 1. The molecule has 1 fully saturated rings. The summed E-state index contributed by atoms with van der Waals surface area (Å²) in [6, 6.07) is 14.9. The van der Waals surface area contributed by atoms with E-state index in [1.807, 2.05) is 43.3 Å². The maximum Gasteiger partial charge on any atom is 0.254 e. The summed E-state index contributed by atoms with van der Waals surface area (Å²) in [7, 11) is -3.06. The van der Waals surface area contributed by atoms with E-state index in [0.717, 1.165) is 15.6 Å². The second-order valence-electron chi connectivity index (χ2n) is 6.48. The Labute approximate surface area is 156 Å². The lowest BCUT2D eigenvalue weighted by Crippen LogP contribution is -2.40. The van der Waals surface area contributed by atoms with Gasteiger partial charge in [0.25, 0.3) is 5.91 Å². The Bertz CT molecular complexity index is 861. The van der Waals surface area contributed by atoms with Crippen molar-refractivity contribution in [2.45, 2.75) is 25.9 Å². The lowest BCUT2D eigenvalue weighted by Gasteiger charge is -2.28. The summed E-state index contributed by atoms with van der Waals surface area (Å²) in [6.07, 6.45) is 0.496. The number of hydrogen-bond acceptors (Lipinski definition) is 3. The van der Waals surface area contributed by atoms with E-state index in [4.69, 9.17) is 0 Å². The molecule has 25 heavy (non-hydrogen) atoms. The van der Waals surface area contributed by atoms with Crippen molar-refractivity contribution in [2.24, 2.45) is 0 Å². The highest BCUT2D eigenvalue weighted by Crippen LogP contribution is 2.23. The number of amides is 1. The molecule has 0 aromatic heterocycles. The van der Waals surface area contributed by atoms with E-state index in [0.29, 0.717) is 18.5 Å². The monoisotopic (exact) mass is 421 g/mol. The fourth-order valence-corrected chi connectivity index (χ4v) is 5.03. The van der Waals surface area contributed by atoms with Crippen molar-refractivity contribution >= 4 is 31.7 Å². The van der Waals surface area contributed by atoms with E-state index >= 15 is 0 Å². The first kappa shape index (κ1) is 18.1. The van der Waals surface area contributed by atoms with Gasteiger partial charge in [-0.3, -0.25) is 4.79 Å². The molecular formula is C19H20BrNO3S. The summed E-state index contributed by atoms with van der Waals surface area (Å²) in [5.41, 5.74) is 2.72.